The van der Waals surface area contributed by atoms with Crippen molar-refractivity contribution in [3.63, 3.8) is 0 Å². The predicted molar refractivity (Wildman–Crippen MR) is 128 cm³/mol. The largest absolute Gasteiger partial charge is 0.483 e. The van der Waals surface area contributed by atoms with Gasteiger partial charge >= 0.3 is 0 Å². The van der Waals surface area contributed by atoms with Crippen LogP contribution in [-0.4, -0.2) is 55.4 Å². The van der Waals surface area contributed by atoms with Gasteiger partial charge in [-0.1, -0.05) is 55.3 Å². The molecule has 0 spiro atoms. The smallest absolute Gasteiger partial charge is 0.260 e. The van der Waals surface area contributed by atoms with Crippen LogP contribution in [0.15, 0.2) is 60.7 Å². The molecule has 1 aliphatic heterocycles. The second-order valence-electron chi connectivity index (χ2n) is 8.52. The highest BCUT2D eigenvalue weighted by Crippen LogP contribution is 2.35. The summed E-state index contributed by atoms with van der Waals surface area (Å²) in [6, 6.07) is 19.6. The topological polar surface area (TPSA) is 49.9 Å². The molecular weight excluding hydrogens is 400 g/mol. The number of rotatable bonds is 5. The molecule has 0 aliphatic carbocycles. The van der Waals surface area contributed by atoms with Gasteiger partial charge in [-0.25, -0.2) is 0 Å². The van der Waals surface area contributed by atoms with Crippen molar-refractivity contribution in [1.29, 1.82) is 0 Å². The third-order valence-electron chi connectivity index (χ3n) is 6.02. The zero-order valence-corrected chi connectivity index (χ0v) is 18.8. The van der Waals surface area contributed by atoms with Gasteiger partial charge in [-0.15, -0.1) is 0 Å². The minimum atomic E-state index is -0.0249. The first kappa shape index (κ1) is 21.9. The number of hydrogen-bond donors (Lipinski definition) is 0. The second-order valence-corrected chi connectivity index (χ2v) is 8.52. The maximum atomic E-state index is 12.7. The molecule has 0 unspecified atom stereocenters. The molecule has 4 rings (SSSR count). The molecule has 0 saturated carbocycles. The zero-order valence-electron chi connectivity index (χ0n) is 18.8. The normalized spacial score (nSPS) is 14.1. The van der Waals surface area contributed by atoms with E-state index in [-0.39, 0.29) is 18.4 Å². The fraction of sp³-hybridized carbons (Fsp3) is 0.333. The van der Waals surface area contributed by atoms with Crippen LogP contribution < -0.4 is 4.74 Å². The Morgan fingerprint density at radius 2 is 1.59 bits per heavy atom. The van der Waals surface area contributed by atoms with E-state index in [1.54, 1.807) is 19.0 Å². The van der Waals surface area contributed by atoms with E-state index in [4.69, 9.17) is 4.74 Å². The van der Waals surface area contributed by atoms with Gasteiger partial charge in [0.05, 0.1) is 0 Å². The van der Waals surface area contributed by atoms with Crippen molar-refractivity contribution in [2.24, 2.45) is 0 Å². The summed E-state index contributed by atoms with van der Waals surface area (Å²) < 4.78 is 6.01. The highest BCUT2D eigenvalue weighted by Gasteiger charge is 2.17. The lowest BCUT2D eigenvalue weighted by Crippen LogP contribution is -2.35. The van der Waals surface area contributed by atoms with Crippen LogP contribution in [0.1, 0.15) is 36.0 Å². The fourth-order valence-corrected chi connectivity index (χ4v) is 4.28. The SMILES string of the molecule is CN(C)C(=O)c1cccc(-c2ccc(OCC(=O)N3CCCCCC3)c3ccccc23)c1. The van der Waals surface area contributed by atoms with Gasteiger partial charge in [0.15, 0.2) is 6.61 Å². The molecule has 0 aromatic heterocycles. The summed E-state index contributed by atoms with van der Waals surface area (Å²) in [5.41, 5.74) is 2.65. The van der Waals surface area contributed by atoms with Crippen LogP contribution in [0.25, 0.3) is 21.9 Å². The molecule has 0 radical (unpaired) electrons. The number of ether oxygens (including phenoxy) is 1. The van der Waals surface area contributed by atoms with E-state index in [0.717, 1.165) is 47.8 Å². The van der Waals surface area contributed by atoms with Crippen molar-refractivity contribution < 1.29 is 14.3 Å². The van der Waals surface area contributed by atoms with Crippen LogP contribution in [0.5, 0.6) is 5.75 Å². The minimum Gasteiger partial charge on any atom is -0.483 e. The minimum absolute atomic E-state index is 0.0249. The molecule has 5 heteroatoms. The lowest BCUT2D eigenvalue weighted by Gasteiger charge is -2.21. The van der Waals surface area contributed by atoms with E-state index >= 15 is 0 Å². The molecule has 1 heterocycles. The molecular formula is C27H30N2O3. The molecule has 1 saturated heterocycles. The Morgan fingerprint density at radius 3 is 2.31 bits per heavy atom. The molecule has 0 N–H and O–H groups in total. The van der Waals surface area contributed by atoms with E-state index in [9.17, 15) is 9.59 Å². The average molecular weight is 431 g/mol. The third-order valence-corrected chi connectivity index (χ3v) is 6.02. The van der Waals surface area contributed by atoms with E-state index in [1.807, 2.05) is 59.5 Å². The molecule has 1 fully saturated rings. The number of carbonyl (C=O) groups excluding carboxylic acids is 2. The molecule has 0 bridgehead atoms. The summed E-state index contributed by atoms with van der Waals surface area (Å²) in [4.78, 5) is 28.6. The highest BCUT2D eigenvalue weighted by molar-refractivity contribution is 6.02. The first-order chi connectivity index (χ1) is 15.5. The van der Waals surface area contributed by atoms with Crippen molar-refractivity contribution in [2.75, 3.05) is 33.8 Å². The lowest BCUT2D eigenvalue weighted by molar-refractivity contribution is -0.133. The summed E-state index contributed by atoms with van der Waals surface area (Å²) in [6.45, 7) is 1.70. The Balaban J connectivity index is 1.60. The fourth-order valence-electron chi connectivity index (χ4n) is 4.28. The number of carbonyl (C=O) groups is 2. The van der Waals surface area contributed by atoms with Crippen LogP contribution in [0.4, 0.5) is 0 Å². The van der Waals surface area contributed by atoms with Crippen LogP contribution in [-0.2, 0) is 4.79 Å². The molecule has 32 heavy (non-hydrogen) atoms. The van der Waals surface area contributed by atoms with Gasteiger partial charge in [-0.3, -0.25) is 9.59 Å². The van der Waals surface area contributed by atoms with Crippen molar-refractivity contribution in [2.45, 2.75) is 25.7 Å². The molecule has 3 aromatic carbocycles. The van der Waals surface area contributed by atoms with Gasteiger partial charge in [-0.2, -0.15) is 0 Å². The number of hydrogen-bond acceptors (Lipinski definition) is 3. The van der Waals surface area contributed by atoms with Crippen molar-refractivity contribution in [3.05, 3.63) is 66.2 Å². The van der Waals surface area contributed by atoms with Crippen molar-refractivity contribution in [1.82, 2.24) is 9.80 Å². The maximum Gasteiger partial charge on any atom is 0.260 e. The Kier molecular flexibility index (Phi) is 6.74. The molecule has 3 aromatic rings. The van der Waals surface area contributed by atoms with E-state index in [0.29, 0.717) is 11.3 Å². The number of nitrogens with zero attached hydrogens (tertiary/aromatic N) is 2. The predicted octanol–water partition coefficient (Wildman–Crippen LogP) is 4.99. The highest BCUT2D eigenvalue weighted by atomic mass is 16.5. The number of amides is 2. The summed E-state index contributed by atoms with van der Waals surface area (Å²) in [6.07, 6.45) is 4.52. The van der Waals surface area contributed by atoms with Gasteiger partial charge < -0.3 is 14.5 Å². The first-order valence-corrected chi connectivity index (χ1v) is 11.3. The standard InChI is InChI=1S/C27H30N2O3/c1-28(2)27(31)21-11-9-10-20(18-21)22-14-15-25(24-13-6-5-12-23(22)24)32-19-26(30)29-16-7-3-4-8-17-29/h5-6,9-15,18H,3-4,7-8,16-17,19H2,1-2H3. The van der Waals surface area contributed by atoms with Crippen LogP contribution in [0, 0.1) is 0 Å². The Labute approximate surface area is 189 Å². The molecule has 0 atom stereocenters. The summed E-state index contributed by atoms with van der Waals surface area (Å²) in [5.74, 6) is 0.728. The van der Waals surface area contributed by atoms with Gasteiger partial charge in [0.2, 0.25) is 0 Å². The Morgan fingerprint density at radius 1 is 0.875 bits per heavy atom. The number of benzene rings is 3. The summed E-state index contributed by atoms with van der Waals surface area (Å²) >= 11 is 0. The summed E-state index contributed by atoms with van der Waals surface area (Å²) in [5, 5.41) is 1.99. The zero-order chi connectivity index (χ0) is 22.5. The second kappa shape index (κ2) is 9.86. The Bertz CT molecular complexity index is 1110. The number of fused-ring (bicyclic) bond motifs is 1. The quantitative estimate of drug-likeness (QED) is 0.573. The monoisotopic (exact) mass is 430 g/mol. The van der Waals surface area contributed by atoms with Crippen LogP contribution in [0.2, 0.25) is 0 Å². The van der Waals surface area contributed by atoms with Gasteiger partial charge in [0.25, 0.3) is 11.8 Å². The van der Waals surface area contributed by atoms with E-state index < -0.39 is 0 Å². The van der Waals surface area contributed by atoms with Crippen molar-refractivity contribution in [3.8, 4) is 16.9 Å². The van der Waals surface area contributed by atoms with Gasteiger partial charge in [-0.05, 0) is 47.6 Å². The van der Waals surface area contributed by atoms with Gasteiger partial charge in [0.1, 0.15) is 5.75 Å². The molecule has 2 amide bonds. The van der Waals surface area contributed by atoms with Crippen LogP contribution in [0.3, 0.4) is 0 Å². The van der Waals surface area contributed by atoms with E-state index in [2.05, 4.69) is 6.07 Å². The molecule has 166 valence electrons. The Hall–Kier alpha value is -3.34. The summed E-state index contributed by atoms with van der Waals surface area (Å²) in [7, 11) is 3.51. The maximum absolute atomic E-state index is 12.7. The first-order valence-electron chi connectivity index (χ1n) is 11.3. The van der Waals surface area contributed by atoms with Crippen LogP contribution >= 0.6 is 0 Å². The molecule has 1 aliphatic rings. The third kappa shape index (κ3) is 4.77. The molecule has 5 nitrogen and oxygen atoms in total. The van der Waals surface area contributed by atoms with Crippen molar-refractivity contribution >= 4 is 22.6 Å². The van der Waals surface area contributed by atoms with E-state index in [1.165, 1.54) is 12.8 Å². The average Bonchev–Trinajstić information content (AvgIpc) is 3.11. The van der Waals surface area contributed by atoms with Gasteiger partial charge in [0, 0.05) is 38.1 Å². The number of likely N-dealkylation sites (tertiary alicyclic amines) is 1. The lowest BCUT2D eigenvalue weighted by atomic mass is 9.96.